The van der Waals surface area contributed by atoms with Gasteiger partial charge in [-0.2, -0.15) is 5.10 Å². The standard InChI is InChI=1S/C25H23N5O2.C4H10O/c1-14-19(12-24(31)32)15(2)28-25-20(14)11-23(29(25)3)17-7-8-26-21(10-17)16-5-6-22-18(9-16)13-27-30(22)4;1-4(2,3)5/h5-11,13H,12H2,1-4H3,(H,31,32);5H,1-3H3. The Hall–Kier alpha value is -4.04. The summed E-state index contributed by atoms with van der Waals surface area (Å²) in [6, 6.07) is 12.4. The second-order valence-electron chi connectivity index (χ2n) is 10.3. The van der Waals surface area contributed by atoms with Crippen LogP contribution in [-0.2, 0) is 25.3 Å². The molecule has 0 atom stereocenters. The summed E-state index contributed by atoms with van der Waals surface area (Å²) in [5.74, 6) is -0.849. The molecule has 0 aliphatic heterocycles. The Morgan fingerprint density at radius 3 is 2.41 bits per heavy atom. The van der Waals surface area contributed by atoms with Crippen LogP contribution < -0.4 is 0 Å². The van der Waals surface area contributed by atoms with Gasteiger partial charge < -0.3 is 14.8 Å². The number of carbonyl (C=O) groups is 1. The summed E-state index contributed by atoms with van der Waals surface area (Å²) < 4.78 is 3.91. The first-order valence-electron chi connectivity index (χ1n) is 12.1. The Balaban J connectivity index is 0.000000586. The number of aromatic nitrogens is 5. The van der Waals surface area contributed by atoms with Crippen molar-refractivity contribution in [2.75, 3.05) is 0 Å². The number of aliphatic carboxylic acids is 1. The molecule has 0 fully saturated rings. The SMILES string of the molecule is CC(C)(C)O.Cc1nc2c(cc(-c3ccnc(-c4ccc5c(cnn5C)c4)c3)n2C)c(C)c1CC(=O)O. The molecule has 4 heterocycles. The van der Waals surface area contributed by atoms with Gasteiger partial charge in [-0.15, -0.1) is 0 Å². The number of hydrogen-bond donors (Lipinski definition) is 2. The minimum absolute atomic E-state index is 0.0267. The van der Waals surface area contributed by atoms with Gasteiger partial charge in [0, 0.05) is 47.9 Å². The second kappa shape index (κ2) is 9.78. The van der Waals surface area contributed by atoms with E-state index in [0.717, 1.165) is 61.3 Å². The van der Waals surface area contributed by atoms with Crippen molar-refractivity contribution >= 4 is 27.9 Å². The molecule has 0 radical (unpaired) electrons. The van der Waals surface area contributed by atoms with Gasteiger partial charge in [0.1, 0.15) is 5.65 Å². The maximum absolute atomic E-state index is 11.3. The van der Waals surface area contributed by atoms with Gasteiger partial charge in [-0.1, -0.05) is 6.07 Å². The molecule has 1 aromatic carbocycles. The molecule has 5 rings (SSSR count). The van der Waals surface area contributed by atoms with Gasteiger partial charge in [0.15, 0.2) is 0 Å². The van der Waals surface area contributed by atoms with Crippen LogP contribution >= 0.6 is 0 Å². The highest BCUT2D eigenvalue weighted by molar-refractivity contribution is 5.90. The Morgan fingerprint density at radius 2 is 1.73 bits per heavy atom. The highest BCUT2D eigenvalue weighted by Crippen LogP contribution is 2.32. The number of nitrogens with zero attached hydrogens (tertiary/aromatic N) is 5. The van der Waals surface area contributed by atoms with Crippen molar-refractivity contribution in [1.29, 1.82) is 0 Å². The monoisotopic (exact) mass is 499 g/mol. The summed E-state index contributed by atoms with van der Waals surface area (Å²) in [6.07, 6.45) is 3.65. The van der Waals surface area contributed by atoms with Gasteiger partial charge in [-0.3, -0.25) is 14.5 Å². The van der Waals surface area contributed by atoms with E-state index in [1.54, 1.807) is 20.8 Å². The molecular weight excluding hydrogens is 466 g/mol. The fourth-order valence-corrected chi connectivity index (χ4v) is 4.42. The van der Waals surface area contributed by atoms with E-state index >= 15 is 0 Å². The molecule has 0 aliphatic carbocycles. The highest BCUT2D eigenvalue weighted by atomic mass is 16.4. The second-order valence-corrected chi connectivity index (χ2v) is 10.3. The molecule has 0 aliphatic rings. The van der Waals surface area contributed by atoms with Crippen molar-refractivity contribution in [3.63, 3.8) is 0 Å². The van der Waals surface area contributed by atoms with E-state index in [4.69, 9.17) is 10.1 Å². The number of hydrogen-bond acceptors (Lipinski definition) is 5. The predicted octanol–water partition coefficient (Wildman–Crippen LogP) is 5.21. The van der Waals surface area contributed by atoms with E-state index < -0.39 is 11.6 Å². The van der Waals surface area contributed by atoms with E-state index in [-0.39, 0.29) is 6.42 Å². The van der Waals surface area contributed by atoms with Crippen molar-refractivity contribution in [1.82, 2.24) is 24.3 Å². The van der Waals surface area contributed by atoms with Crippen LogP contribution in [0.15, 0.2) is 48.8 Å². The van der Waals surface area contributed by atoms with Gasteiger partial charge in [-0.05, 0) is 76.1 Å². The van der Waals surface area contributed by atoms with Gasteiger partial charge in [-0.25, -0.2) is 4.98 Å². The van der Waals surface area contributed by atoms with Gasteiger partial charge in [0.05, 0.1) is 35.1 Å². The van der Waals surface area contributed by atoms with Gasteiger partial charge in [0.2, 0.25) is 0 Å². The van der Waals surface area contributed by atoms with Gasteiger partial charge >= 0.3 is 5.97 Å². The third-order valence-electron chi connectivity index (χ3n) is 6.19. The van der Waals surface area contributed by atoms with Crippen molar-refractivity contribution in [2.24, 2.45) is 14.1 Å². The number of fused-ring (bicyclic) bond motifs is 2. The molecule has 2 N–H and O–H groups in total. The molecule has 37 heavy (non-hydrogen) atoms. The molecule has 192 valence electrons. The van der Waals surface area contributed by atoms with Crippen LogP contribution in [0.3, 0.4) is 0 Å². The zero-order valence-electron chi connectivity index (χ0n) is 22.4. The van der Waals surface area contributed by atoms with Crippen LogP contribution in [0.2, 0.25) is 0 Å². The average molecular weight is 500 g/mol. The minimum atomic E-state index is -0.849. The number of carboxylic acids is 1. The average Bonchev–Trinajstić information content (AvgIpc) is 3.35. The maximum atomic E-state index is 11.3. The van der Waals surface area contributed by atoms with E-state index in [1.807, 2.05) is 51.1 Å². The Labute approximate surface area is 216 Å². The fourth-order valence-electron chi connectivity index (χ4n) is 4.42. The molecule has 0 amide bonds. The summed E-state index contributed by atoms with van der Waals surface area (Å²) in [7, 11) is 3.92. The lowest BCUT2D eigenvalue weighted by atomic mass is 10.0. The van der Waals surface area contributed by atoms with Crippen molar-refractivity contribution in [3.8, 4) is 22.5 Å². The summed E-state index contributed by atoms with van der Waals surface area (Å²) in [5, 5.41) is 24.2. The van der Waals surface area contributed by atoms with Crippen LogP contribution in [-0.4, -0.2) is 46.1 Å². The first-order valence-corrected chi connectivity index (χ1v) is 12.1. The molecule has 8 nitrogen and oxygen atoms in total. The molecule has 0 bridgehead atoms. The maximum Gasteiger partial charge on any atom is 0.307 e. The zero-order chi connectivity index (χ0) is 27.1. The molecule has 5 aromatic rings. The molecule has 0 unspecified atom stereocenters. The number of pyridine rings is 2. The van der Waals surface area contributed by atoms with Crippen LogP contribution in [0, 0.1) is 13.8 Å². The van der Waals surface area contributed by atoms with Crippen LogP contribution in [0.5, 0.6) is 0 Å². The first kappa shape index (κ1) is 26.0. The van der Waals surface area contributed by atoms with E-state index in [1.165, 1.54) is 0 Å². The third kappa shape index (κ3) is 5.54. The van der Waals surface area contributed by atoms with E-state index in [2.05, 4.69) is 45.0 Å². The van der Waals surface area contributed by atoms with Crippen molar-refractivity contribution in [2.45, 2.75) is 46.6 Å². The first-order chi connectivity index (χ1) is 17.3. The van der Waals surface area contributed by atoms with E-state index in [0.29, 0.717) is 0 Å². The number of aliphatic hydroxyl groups is 1. The molecule has 0 spiro atoms. The molecule has 4 aromatic heterocycles. The normalized spacial score (nSPS) is 11.6. The Kier molecular flexibility index (Phi) is 6.88. The number of rotatable bonds is 4. The van der Waals surface area contributed by atoms with Crippen LogP contribution in [0.25, 0.3) is 44.5 Å². The van der Waals surface area contributed by atoms with E-state index in [9.17, 15) is 9.90 Å². The van der Waals surface area contributed by atoms with Crippen molar-refractivity contribution in [3.05, 3.63) is 65.6 Å². The lowest BCUT2D eigenvalue weighted by Gasteiger charge is -2.09. The lowest BCUT2D eigenvalue weighted by molar-refractivity contribution is -0.136. The topological polar surface area (TPSA) is 106 Å². The Morgan fingerprint density at radius 1 is 1.03 bits per heavy atom. The van der Waals surface area contributed by atoms with Crippen LogP contribution in [0.4, 0.5) is 0 Å². The van der Waals surface area contributed by atoms with Gasteiger partial charge in [0.25, 0.3) is 0 Å². The molecule has 8 heteroatoms. The highest BCUT2D eigenvalue weighted by Gasteiger charge is 2.17. The largest absolute Gasteiger partial charge is 0.481 e. The Bertz CT molecular complexity index is 1620. The molecule has 0 saturated heterocycles. The lowest BCUT2D eigenvalue weighted by Crippen LogP contribution is -2.10. The smallest absolute Gasteiger partial charge is 0.307 e. The number of aryl methyl sites for hydroxylation is 4. The fraction of sp³-hybridized carbons (Fsp3) is 0.310. The molecule has 0 saturated carbocycles. The minimum Gasteiger partial charge on any atom is -0.481 e. The van der Waals surface area contributed by atoms with Crippen molar-refractivity contribution < 1.29 is 15.0 Å². The summed E-state index contributed by atoms with van der Waals surface area (Å²) in [4.78, 5) is 20.6. The summed E-state index contributed by atoms with van der Waals surface area (Å²) in [6.45, 7) is 9.07. The zero-order valence-corrected chi connectivity index (χ0v) is 22.4. The number of carboxylic acid groups (broad SMARTS) is 1. The van der Waals surface area contributed by atoms with Crippen LogP contribution in [0.1, 0.15) is 37.6 Å². The quantitative estimate of drug-likeness (QED) is 0.352. The molecular formula is C29H33N5O3. The third-order valence-corrected chi connectivity index (χ3v) is 6.19. The predicted molar refractivity (Wildman–Crippen MR) is 146 cm³/mol. The summed E-state index contributed by atoms with van der Waals surface area (Å²) >= 11 is 0. The summed E-state index contributed by atoms with van der Waals surface area (Å²) in [5.41, 5.74) is 7.87. The number of benzene rings is 1.